The third-order valence-electron chi connectivity index (χ3n) is 6.65. The van der Waals surface area contributed by atoms with Gasteiger partial charge in [-0.15, -0.1) is 0 Å². The molecule has 7 nitrogen and oxygen atoms in total. The van der Waals surface area contributed by atoms with Crippen molar-refractivity contribution in [1.82, 2.24) is 14.9 Å². The minimum atomic E-state index is -0.402. The van der Waals surface area contributed by atoms with E-state index in [2.05, 4.69) is 14.9 Å². The van der Waals surface area contributed by atoms with Gasteiger partial charge in [-0.1, -0.05) is 18.2 Å². The number of aliphatic hydroxyl groups is 1. The van der Waals surface area contributed by atoms with Crippen LogP contribution in [0, 0.1) is 12.3 Å². The Balaban J connectivity index is 1.31. The van der Waals surface area contributed by atoms with E-state index >= 15 is 0 Å². The van der Waals surface area contributed by atoms with Crippen molar-refractivity contribution in [2.75, 3.05) is 31.1 Å². The number of aliphatic hydroxyl groups excluding tert-OH is 1. The van der Waals surface area contributed by atoms with Gasteiger partial charge < -0.3 is 19.3 Å². The van der Waals surface area contributed by atoms with Crippen LogP contribution in [-0.4, -0.2) is 58.2 Å². The summed E-state index contributed by atoms with van der Waals surface area (Å²) in [5.41, 5.74) is 1.63. The summed E-state index contributed by atoms with van der Waals surface area (Å²) in [4.78, 5) is 25.8. The average molecular weight is 406 g/mol. The second kappa shape index (κ2) is 7.40. The predicted octanol–water partition coefficient (Wildman–Crippen LogP) is 3.02. The van der Waals surface area contributed by atoms with E-state index in [-0.39, 0.29) is 11.3 Å². The van der Waals surface area contributed by atoms with E-state index in [1.54, 1.807) is 18.6 Å². The first-order valence-electron chi connectivity index (χ1n) is 10.5. The molecule has 30 heavy (non-hydrogen) atoms. The number of β-amino-alcohol motifs (C(OH)–C–C–N with tert-alkyl or cyclic N) is 1. The molecule has 0 aliphatic carbocycles. The molecule has 1 unspecified atom stereocenters. The standard InChI is InChI=1S/C23H26N4O3/c1-16-18-4-2-3-5-19(18)30-21(16)22(29)26-10-6-23(7-11-26)12-17(28)14-27(15-23)20-13-24-8-9-25-20/h2-5,8-9,13,17,28H,6-7,10-12,14-15H2,1H3. The highest BCUT2D eigenvalue weighted by Gasteiger charge is 2.43. The van der Waals surface area contributed by atoms with E-state index < -0.39 is 6.10 Å². The van der Waals surface area contributed by atoms with Crippen molar-refractivity contribution >= 4 is 22.7 Å². The van der Waals surface area contributed by atoms with Gasteiger partial charge in [0.1, 0.15) is 11.4 Å². The van der Waals surface area contributed by atoms with Gasteiger partial charge in [-0.25, -0.2) is 4.98 Å². The lowest BCUT2D eigenvalue weighted by molar-refractivity contribution is 0.0234. The lowest BCUT2D eigenvalue weighted by atomic mass is 9.71. The van der Waals surface area contributed by atoms with Crippen molar-refractivity contribution in [1.29, 1.82) is 0 Å². The van der Waals surface area contributed by atoms with E-state index in [4.69, 9.17) is 4.42 Å². The highest BCUT2D eigenvalue weighted by atomic mass is 16.3. The monoisotopic (exact) mass is 406 g/mol. The number of hydrogen-bond donors (Lipinski definition) is 1. The Morgan fingerprint density at radius 2 is 2.03 bits per heavy atom. The zero-order chi connectivity index (χ0) is 20.7. The van der Waals surface area contributed by atoms with Gasteiger partial charge in [0.2, 0.25) is 0 Å². The Morgan fingerprint density at radius 3 is 2.77 bits per heavy atom. The van der Waals surface area contributed by atoms with Gasteiger partial charge in [-0.05, 0) is 37.7 Å². The molecule has 5 rings (SSSR count). The molecule has 1 N–H and O–H groups in total. The number of fused-ring (bicyclic) bond motifs is 1. The van der Waals surface area contributed by atoms with Gasteiger partial charge in [0, 0.05) is 49.5 Å². The van der Waals surface area contributed by atoms with Crippen LogP contribution in [0.5, 0.6) is 0 Å². The molecule has 2 aliphatic rings. The lowest BCUT2D eigenvalue weighted by Gasteiger charge is -2.49. The number of piperidine rings is 2. The Kier molecular flexibility index (Phi) is 4.70. The minimum absolute atomic E-state index is 0.0190. The summed E-state index contributed by atoms with van der Waals surface area (Å²) in [5.74, 6) is 1.20. The Labute approximate surface area is 175 Å². The number of aromatic nitrogens is 2. The highest BCUT2D eigenvalue weighted by Crippen LogP contribution is 2.41. The van der Waals surface area contributed by atoms with E-state index in [0.29, 0.717) is 25.4 Å². The average Bonchev–Trinajstić information content (AvgIpc) is 3.11. The minimum Gasteiger partial charge on any atom is -0.451 e. The van der Waals surface area contributed by atoms with E-state index in [9.17, 15) is 9.90 Å². The molecule has 1 atom stereocenters. The number of likely N-dealkylation sites (tertiary alicyclic amines) is 1. The first kappa shape index (κ1) is 19.1. The number of benzene rings is 1. The third-order valence-corrected chi connectivity index (χ3v) is 6.65. The zero-order valence-corrected chi connectivity index (χ0v) is 17.1. The number of furan rings is 1. The fourth-order valence-electron chi connectivity index (χ4n) is 5.05. The largest absolute Gasteiger partial charge is 0.451 e. The topological polar surface area (TPSA) is 82.7 Å². The smallest absolute Gasteiger partial charge is 0.289 e. The number of hydrogen-bond acceptors (Lipinski definition) is 6. The third kappa shape index (κ3) is 3.33. The zero-order valence-electron chi connectivity index (χ0n) is 17.1. The van der Waals surface area contributed by atoms with Crippen LogP contribution >= 0.6 is 0 Å². The number of aryl methyl sites for hydroxylation is 1. The van der Waals surface area contributed by atoms with Gasteiger partial charge in [0.05, 0.1) is 12.3 Å². The van der Waals surface area contributed by atoms with Gasteiger partial charge in [-0.2, -0.15) is 0 Å². The maximum absolute atomic E-state index is 13.2. The van der Waals surface area contributed by atoms with Crippen LogP contribution in [0.1, 0.15) is 35.4 Å². The number of carbonyl (C=O) groups excluding carboxylic acids is 1. The molecule has 7 heteroatoms. The Morgan fingerprint density at radius 1 is 1.23 bits per heavy atom. The van der Waals surface area contributed by atoms with Crippen molar-refractivity contribution in [2.45, 2.75) is 32.3 Å². The molecule has 2 aliphatic heterocycles. The van der Waals surface area contributed by atoms with Crippen LogP contribution in [0.3, 0.4) is 0 Å². The number of amides is 1. The second-order valence-electron chi connectivity index (χ2n) is 8.65. The number of para-hydroxylation sites is 1. The van der Waals surface area contributed by atoms with Crippen LogP contribution in [0.25, 0.3) is 11.0 Å². The van der Waals surface area contributed by atoms with Gasteiger partial charge >= 0.3 is 0 Å². The fraction of sp³-hybridized carbons (Fsp3) is 0.435. The number of nitrogens with zero attached hydrogens (tertiary/aromatic N) is 4. The molecule has 156 valence electrons. The summed E-state index contributed by atoms with van der Waals surface area (Å²) in [6, 6.07) is 7.76. The molecule has 1 aromatic carbocycles. The summed E-state index contributed by atoms with van der Waals surface area (Å²) in [6.45, 7) is 4.67. The van der Waals surface area contributed by atoms with Crippen LogP contribution in [-0.2, 0) is 0 Å². The molecule has 2 aromatic heterocycles. The molecule has 0 bridgehead atoms. The van der Waals surface area contributed by atoms with Crippen LogP contribution < -0.4 is 4.90 Å². The second-order valence-corrected chi connectivity index (χ2v) is 8.65. The molecule has 0 saturated carbocycles. The molecular weight excluding hydrogens is 380 g/mol. The summed E-state index contributed by atoms with van der Waals surface area (Å²) < 4.78 is 5.89. The van der Waals surface area contributed by atoms with Crippen LogP contribution in [0.2, 0.25) is 0 Å². The number of anilines is 1. The fourth-order valence-corrected chi connectivity index (χ4v) is 5.05. The van der Waals surface area contributed by atoms with Crippen molar-refractivity contribution in [3.05, 3.63) is 54.2 Å². The molecule has 3 aromatic rings. The normalized spacial score (nSPS) is 21.3. The molecule has 2 fully saturated rings. The summed E-state index contributed by atoms with van der Waals surface area (Å²) in [5, 5.41) is 11.5. The first-order chi connectivity index (χ1) is 14.5. The highest BCUT2D eigenvalue weighted by molar-refractivity contribution is 5.98. The summed E-state index contributed by atoms with van der Waals surface area (Å²) in [6.07, 6.45) is 7.15. The SMILES string of the molecule is Cc1c(C(=O)N2CCC3(CC2)CC(O)CN(c2cnccn2)C3)oc2ccccc12. The Bertz CT molecular complexity index is 1060. The molecule has 2 saturated heterocycles. The summed E-state index contributed by atoms with van der Waals surface area (Å²) in [7, 11) is 0. The van der Waals surface area contributed by atoms with Crippen LogP contribution in [0.15, 0.2) is 47.3 Å². The predicted molar refractivity (Wildman–Crippen MR) is 113 cm³/mol. The van der Waals surface area contributed by atoms with E-state index in [0.717, 1.165) is 48.2 Å². The van der Waals surface area contributed by atoms with Crippen molar-refractivity contribution in [3.8, 4) is 0 Å². The van der Waals surface area contributed by atoms with E-state index in [1.807, 2.05) is 36.1 Å². The molecule has 0 radical (unpaired) electrons. The van der Waals surface area contributed by atoms with Crippen molar-refractivity contribution in [3.63, 3.8) is 0 Å². The lowest BCUT2D eigenvalue weighted by Crippen LogP contribution is -2.54. The molecule has 4 heterocycles. The molecule has 1 amide bonds. The molecular formula is C23H26N4O3. The molecule has 1 spiro atoms. The number of carbonyl (C=O) groups is 1. The quantitative estimate of drug-likeness (QED) is 0.704. The maximum Gasteiger partial charge on any atom is 0.289 e. The van der Waals surface area contributed by atoms with Crippen molar-refractivity contribution < 1.29 is 14.3 Å². The summed E-state index contributed by atoms with van der Waals surface area (Å²) >= 11 is 0. The van der Waals surface area contributed by atoms with Gasteiger partial charge in [0.25, 0.3) is 5.91 Å². The van der Waals surface area contributed by atoms with Gasteiger partial charge in [-0.3, -0.25) is 9.78 Å². The van der Waals surface area contributed by atoms with Gasteiger partial charge in [0.15, 0.2) is 5.76 Å². The Hall–Kier alpha value is -2.93. The van der Waals surface area contributed by atoms with Crippen molar-refractivity contribution in [2.24, 2.45) is 5.41 Å². The maximum atomic E-state index is 13.2. The number of rotatable bonds is 2. The van der Waals surface area contributed by atoms with E-state index in [1.165, 1.54) is 0 Å². The van der Waals surface area contributed by atoms with Crippen LogP contribution in [0.4, 0.5) is 5.82 Å². The first-order valence-corrected chi connectivity index (χ1v) is 10.5.